The Kier molecular flexibility index (Phi) is 5.42. The molecule has 33 heavy (non-hydrogen) atoms. The average Bonchev–Trinajstić information content (AvgIpc) is 3.14. The predicted molar refractivity (Wildman–Crippen MR) is 127 cm³/mol. The number of nitrogens with two attached hydrogens (primary N) is 1. The van der Waals surface area contributed by atoms with E-state index >= 15 is 0 Å². The number of hydrogen-bond acceptors (Lipinski definition) is 5. The largest absolute Gasteiger partial charge is 0.382 e. The van der Waals surface area contributed by atoms with Crippen LogP contribution in [0.5, 0.6) is 0 Å². The van der Waals surface area contributed by atoms with E-state index in [0.717, 1.165) is 22.2 Å². The Hall–Kier alpha value is -4.47. The average molecular weight is 446 g/mol. The smallest absolute Gasteiger partial charge is 0.323 e. The summed E-state index contributed by atoms with van der Waals surface area (Å²) in [5.41, 5.74) is 10.2. The van der Waals surface area contributed by atoms with E-state index in [1.54, 1.807) is 24.3 Å². The minimum atomic E-state index is -0.490. The van der Waals surface area contributed by atoms with Crippen LogP contribution in [0.15, 0.2) is 54.6 Å². The normalized spacial score (nSPS) is 11.4. The Morgan fingerprint density at radius 1 is 1.06 bits per heavy atom. The van der Waals surface area contributed by atoms with Crippen LogP contribution in [0.25, 0.3) is 22.2 Å². The molecule has 0 fully saturated rings. The topological polar surface area (TPSA) is 149 Å². The molecule has 0 atom stereocenters. The van der Waals surface area contributed by atoms with Crippen molar-refractivity contribution in [2.24, 2.45) is 0 Å². The lowest BCUT2D eigenvalue weighted by Crippen LogP contribution is -2.19. The van der Waals surface area contributed by atoms with Gasteiger partial charge >= 0.3 is 11.7 Å². The summed E-state index contributed by atoms with van der Waals surface area (Å²) in [6, 6.07) is 14.8. The molecule has 2 aromatic heterocycles. The molecule has 6 N–H and O–H groups in total. The highest BCUT2D eigenvalue weighted by Crippen LogP contribution is 2.34. The summed E-state index contributed by atoms with van der Waals surface area (Å²) in [5.74, 6) is 0.372. The van der Waals surface area contributed by atoms with Crippen molar-refractivity contribution in [2.75, 3.05) is 16.4 Å². The van der Waals surface area contributed by atoms with Gasteiger partial charge in [0.15, 0.2) is 11.5 Å². The van der Waals surface area contributed by atoms with Crippen LogP contribution >= 0.6 is 0 Å². The lowest BCUT2D eigenvalue weighted by molar-refractivity contribution is -0.729. The fraction of sp³-hybridized carbons (Fsp3) is 0.174. The van der Waals surface area contributed by atoms with Crippen molar-refractivity contribution in [1.29, 1.82) is 0 Å². The number of urea groups is 1. The Bertz CT molecular complexity index is 1350. The molecule has 4 aromatic rings. The maximum atomic E-state index is 12.3. The highest BCUT2D eigenvalue weighted by atomic mass is 16.6. The maximum absolute atomic E-state index is 12.3. The van der Waals surface area contributed by atoms with Gasteiger partial charge in [-0.25, -0.2) is 15.0 Å². The molecule has 0 radical (unpaired) electrons. The molecule has 0 saturated carbocycles. The van der Waals surface area contributed by atoms with Gasteiger partial charge in [-0.1, -0.05) is 39.0 Å². The number of hydrogen-bond donors (Lipinski definition) is 5. The highest BCUT2D eigenvalue weighted by molar-refractivity contribution is 6.02. The number of aromatic amines is 1. The molecule has 0 aliphatic heterocycles. The molecule has 10 heteroatoms. The van der Waals surface area contributed by atoms with Crippen molar-refractivity contribution in [1.82, 2.24) is 15.2 Å². The lowest BCUT2D eigenvalue weighted by atomic mass is 9.89. The van der Waals surface area contributed by atoms with E-state index in [1.165, 1.54) is 12.1 Å². The summed E-state index contributed by atoms with van der Waals surface area (Å²) in [6.07, 6.45) is 0. The number of benzene rings is 2. The zero-order valence-corrected chi connectivity index (χ0v) is 18.4. The van der Waals surface area contributed by atoms with Gasteiger partial charge in [0, 0.05) is 34.6 Å². The van der Waals surface area contributed by atoms with Crippen molar-refractivity contribution in [3.05, 3.63) is 65.2 Å². The second-order valence-electron chi connectivity index (χ2n) is 8.62. The molecular formula is C23H24N7O3+. The first-order chi connectivity index (χ1) is 15.6. The number of fused-ring (bicyclic) bond motifs is 1. The molecule has 2 amide bonds. The number of carbonyl (C=O) groups excluding carboxylic acids is 1. The van der Waals surface area contributed by atoms with Crippen molar-refractivity contribution in [2.45, 2.75) is 26.2 Å². The van der Waals surface area contributed by atoms with E-state index < -0.39 is 6.03 Å². The monoisotopic (exact) mass is 446 g/mol. The van der Waals surface area contributed by atoms with Crippen molar-refractivity contribution >= 4 is 39.9 Å². The van der Waals surface area contributed by atoms with Gasteiger partial charge in [-0.15, -0.1) is 0 Å². The first kappa shape index (κ1) is 21.8. The standard InChI is InChI=1S/C23H23N7O3/c1-23(2,3)18-12-17(19-20(24)28-29-21(19)27-18)13-7-9-14(10-8-13)25-22(31)26-15-5-4-6-16(11-15)30(32)33/h4-12H,1-3H3,(H5-,24,25,26,27,28,29,31,32,33)/p+1. The molecule has 0 bridgehead atoms. The Morgan fingerprint density at radius 2 is 1.76 bits per heavy atom. The van der Waals surface area contributed by atoms with Crippen LogP contribution < -0.4 is 16.4 Å². The number of nitrogen functional groups attached to an aromatic ring is 1. The van der Waals surface area contributed by atoms with Crippen LogP contribution in [0.2, 0.25) is 0 Å². The van der Waals surface area contributed by atoms with Crippen molar-refractivity contribution in [3.8, 4) is 11.1 Å². The van der Waals surface area contributed by atoms with Gasteiger partial charge < -0.3 is 16.4 Å². The van der Waals surface area contributed by atoms with Gasteiger partial charge in [0.1, 0.15) is 0 Å². The summed E-state index contributed by atoms with van der Waals surface area (Å²) in [6.45, 7) is 6.25. The molecule has 168 valence electrons. The van der Waals surface area contributed by atoms with E-state index in [4.69, 9.17) is 10.9 Å². The van der Waals surface area contributed by atoms with Crippen LogP contribution in [-0.2, 0) is 5.41 Å². The summed E-state index contributed by atoms with van der Waals surface area (Å²) >= 11 is 0. The third-order valence-electron chi connectivity index (χ3n) is 5.10. The quantitative estimate of drug-likeness (QED) is 0.280. The fourth-order valence-corrected chi connectivity index (χ4v) is 3.40. The summed E-state index contributed by atoms with van der Waals surface area (Å²) < 4.78 is 0. The second kappa shape index (κ2) is 8.23. The lowest BCUT2D eigenvalue weighted by Gasteiger charge is -2.19. The third-order valence-corrected chi connectivity index (χ3v) is 5.10. The predicted octanol–water partition coefficient (Wildman–Crippen LogP) is 4.95. The Balaban J connectivity index is 1.57. The highest BCUT2D eigenvalue weighted by Gasteiger charge is 2.21. The zero-order chi connectivity index (χ0) is 23.8. The molecule has 2 heterocycles. The van der Waals surface area contributed by atoms with Crippen LogP contribution in [0.1, 0.15) is 26.5 Å². The summed E-state index contributed by atoms with van der Waals surface area (Å²) in [7, 11) is 0. The van der Waals surface area contributed by atoms with Crippen LogP contribution in [0.3, 0.4) is 0 Å². The van der Waals surface area contributed by atoms with Crippen LogP contribution in [0, 0.1) is 4.91 Å². The zero-order valence-electron chi connectivity index (χ0n) is 18.4. The molecule has 0 spiro atoms. The number of nitrogens with one attached hydrogen (secondary N) is 3. The summed E-state index contributed by atoms with van der Waals surface area (Å²) in [4.78, 5) is 27.8. The third kappa shape index (κ3) is 4.59. The first-order valence-electron chi connectivity index (χ1n) is 10.2. The molecule has 10 nitrogen and oxygen atoms in total. The van der Waals surface area contributed by atoms with E-state index in [9.17, 15) is 9.70 Å². The minimum Gasteiger partial charge on any atom is -0.382 e. The Labute approximate surface area is 189 Å². The number of H-pyrrole nitrogens is 1. The maximum Gasteiger partial charge on any atom is 0.323 e. The van der Waals surface area contributed by atoms with E-state index in [-0.39, 0.29) is 16.0 Å². The second-order valence-corrected chi connectivity index (χ2v) is 8.62. The van der Waals surface area contributed by atoms with Crippen molar-refractivity contribution < 1.29 is 14.9 Å². The van der Waals surface area contributed by atoms with Gasteiger partial charge in [0.05, 0.1) is 10.3 Å². The van der Waals surface area contributed by atoms with Gasteiger partial charge in [-0.05, 0) is 35.4 Å². The van der Waals surface area contributed by atoms with Gasteiger partial charge in [-0.3, -0.25) is 5.10 Å². The van der Waals surface area contributed by atoms with E-state index in [1.807, 2.05) is 18.2 Å². The summed E-state index contributed by atoms with van der Waals surface area (Å²) in [5, 5.41) is 22.1. The molecule has 0 aliphatic carbocycles. The number of rotatable bonds is 4. The number of anilines is 3. The SMILES string of the molecule is CC(C)(C)c1cc(-c2ccc(NC(=O)Nc3cccc([N+](=O)O)c3)cc2)c2c(N)n[nH]c2n1. The van der Waals surface area contributed by atoms with Crippen LogP contribution in [0.4, 0.5) is 27.7 Å². The number of amides is 2. The first-order valence-corrected chi connectivity index (χ1v) is 10.2. The minimum absolute atomic E-state index is 0.00830. The van der Waals surface area contributed by atoms with E-state index in [2.05, 4.69) is 46.6 Å². The van der Waals surface area contributed by atoms with Gasteiger partial charge in [0.25, 0.3) is 4.92 Å². The number of carbonyl (C=O) groups is 1. The van der Waals surface area contributed by atoms with Crippen LogP contribution in [-0.4, -0.2) is 31.3 Å². The van der Waals surface area contributed by atoms with Crippen molar-refractivity contribution in [3.63, 3.8) is 0 Å². The molecule has 0 saturated heterocycles. The molecule has 0 aliphatic rings. The van der Waals surface area contributed by atoms with Gasteiger partial charge in [0.2, 0.25) is 0 Å². The molecule has 2 aromatic carbocycles. The Morgan fingerprint density at radius 3 is 2.42 bits per heavy atom. The van der Waals surface area contributed by atoms with E-state index in [0.29, 0.717) is 22.8 Å². The molecule has 0 unspecified atom stereocenters. The molecular weight excluding hydrogens is 422 g/mol. The van der Waals surface area contributed by atoms with Gasteiger partial charge in [-0.2, -0.15) is 5.10 Å². The number of aromatic nitrogens is 3. The fourth-order valence-electron chi connectivity index (χ4n) is 3.40. The number of pyridine rings is 1. The molecule has 4 rings (SSSR count). The number of nitrogens with zero attached hydrogens (tertiary/aromatic N) is 3.